The standard InChI is InChI=1S/C9H18N4/c1-3-5-6-9(4-2)7-13-8-10-11-12-13/h8-9H,3-7H2,1-2H3. The van der Waals surface area contributed by atoms with E-state index < -0.39 is 0 Å². The summed E-state index contributed by atoms with van der Waals surface area (Å²) in [5.41, 5.74) is 0. The van der Waals surface area contributed by atoms with E-state index in [1.165, 1.54) is 25.7 Å². The first-order chi connectivity index (χ1) is 6.36. The summed E-state index contributed by atoms with van der Waals surface area (Å²) < 4.78 is 1.82. The first kappa shape index (κ1) is 10.2. The third kappa shape index (κ3) is 3.53. The van der Waals surface area contributed by atoms with Gasteiger partial charge < -0.3 is 0 Å². The fourth-order valence-corrected chi connectivity index (χ4v) is 1.45. The van der Waals surface area contributed by atoms with Crippen LogP contribution in [0.3, 0.4) is 0 Å². The minimum absolute atomic E-state index is 0.725. The molecule has 13 heavy (non-hydrogen) atoms. The maximum atomic E-state index is 3.87. The summed E-state index contributed by atoms with van der Waals surface area (Å²) in [6.45, 7) is 5.41. The Bertz CT molecular complexity index is 207. The second kappa shape index (κ2) is 5.67. The molecule has 4 nitrogen and oxygen atoms in total. The van der Waals surface area contributed by atoms with Crippen molar-refractivity contribution >= 4 is 0 Å². The molecule has 0 aliphatic carbocycles. The molecule has 0 aromatic carbocycles. The van der Waals surface area contributed by atoms with Gasteiger partial charge in [0.2, 0.25) is 0 Å². The van der Waals surface area contributed by atoms with E-state index in [2.05, 4.69) is 29.4 Å². The van der Waals surface area contributed by atoms with Crippen molar-refractivity contribution in [1.82, 2.24) is 20.2 Å². The molecule has 74 valence electrons. The SMILES string of the molecule is CCCCC(CC)Cn1cnnn1. The lowest BCUT2D eigenvalue weighted by Crippen LogP contribution is -2.10. The van der Waals surface area contributed by atoms with Crippen LogP contribution in [0.25, 0.3) is 0 Å². The minimum atomic E-state index is 0.725. The highest BCUT2D eigenvalue weighted by molar-refractivity contribution is 4.58. The minimum Gasteiger partial charge on any atom is -0.232 e. The predicted molar refractivity (Wildman–Crippen MR) is 51.1 cm³/mol. The van der Waals surface area contributed by atoms with Crippen molar-refractivity contribution in [2.45, 2.75) is 46.1 Å². The molecule has 1 heterocycles. The van der Waals surface area contributed by atoms with Gasteiger partial charge in [0.25, 0.3) is 0 Å². The van der Waals surface area contributed by atoms with E-state index in [1.807, 2.05) is 4.68 Å². The van der Waals surface area contributed by atoms with Gasteiger partial charge in [-0.05, 0) is 22.8 Å². The summed E-state index contributed by atoms with van der Waals surface area (Å²) in [4.78, 5) is 0. The molecule has 0 spiro atoms. The zero-order valence-corrected chi connectivity index (χ0v) is 8.48. The van der Waals surface area contributed by atoms with Gasteiger partial charge in [-0.25, -0.2) is 4.68 Å². The summed E-state index contributed by atoms with van der Waals surface area (Å²) in [7, 11) is 0. The van der Waals surface area contributed by atoms with Gasteiger partial charge in [0.15, 0.2) is 0 Å². The van der Waals surface area contributed by atoms with Gasteiger partial charge in [0.05, 0.1) is 0 Å². The molecule has 1 aromatic rings. The smallest absolute Gasteiger partial charge is 0.138 e. The first-order valence-corrected chi connectivity index (χ1v) is 5.07. The normalized spacial score (nSPS) is 13.1. The van der Waals surface area contributed by atoms with Crippen LogP contribution in [0.1, 0.15) is 39.5 Å². The number of aromatic nitrogens is 4. The van der Waals surface area contributed by atoms with E-state index in [4.69, 9.17) is 0 Å². The number of nitrogens with zero attached hydrogens (tertiary/aromatic N) is 4. The number of tetrazole rings is 1. The average Bonchev–Trinajstić information content (AvgIpc) is 2.64. The fourth-order valence-electron chi connectivity index (χ4n) is 1.45. The van der Waals surface area contributed by atoms with Gasteiger partial charge in [0.1, 0.15) is 6.33 Å². The lowest BCUT2D eigenvalue weighted by Gasteiger charge is -2.12. The van der Waals surface area contributed by atoms with Gasteiger partial charge in [0, 0.05) is 6.54 Å². The Morgan fingerprint density at radius 2 is 2.23 bits per heavy atom. The van der Waals surface area contributed by atoms with Crippen molar-refractivity contribution in [3.8, 4) is 0 Å². The highest BCUT2D eigenvalue weighted by Gasteiger charge is 2.06. The van der Waals surface area contributed by atoms with Crippen molar-refractivity contribution in [3.63, 3.8) is 0 Å². The summed E-state index contributed by atoms with van der Waals surface area (Å²) in [5.74, 6) is 0.725. The summed E-state index contributed by atoms with van der Waals surface area (Å²) >= 11 is 0. The van der Waals surface area contributed by atoms with Crippen LogP contribution in [0.15, 0.2) is 6.33 Å². The molecule has 1 aromatic heterocycles. The quantitative estimate of drug-likeness (QED) is 0.674. The van der Waals surface area contributed by atoms with E-state index in [0.717, 1.165) is 12.5 Å². The highest BCUT2D eigenvalue weighted by atomic mass is 15.5. The van der Waals surface area contributed by atoms with Crippen molar-refractivity contribution in [3.05, 3.63) is 6.33 Å². The van der Waals surface area contributed by atoms with Gasteiger partial charge in [-0.1, -0.05) is 33.1 Å². The second-order valence-corrected chi connectivity index (χ2v) is 3.45. The third-order valence-corrected chi connectivity index (χ3v) is 2.38. The Labute approximate surface area is 79.3 Å². The van der Waals surface area contributed by atoms with E-state index >= 15 is 0 Å². The Morgan fingerprint density at radius 1 is 1.38 bits per heavy atom. The first-order valence-electron chi connectivity index (χ1n) is 5.07. The zero-order valence-electron chi connectivity index (χ0n) is 8.48. The van der Waals surface area contributed by atoms with Crippen LogP contribution in [0.2, 0.25) is 0 Å². The molecule has 1 rings (SSSR count). The second-order valence-electron chi connectivity index (χ2n) is 3.45. The van der Waals surface area contributed by atoms with Crippen LogP contribution in [-0.2, 0) is 6.54 Å². The summed E-state index contributed by atoms with van der Waals surface area (Å²) in [6.07, 6.45) is 6.76. The molecule has 0 aliphatic rings. The van der Waals surface area contributed by atoms with E-state index in [1.54, 1.807) is 6.33 Å². The van der Waals surface area contributed by atoms with Crippen LogP contribution in [0.4, 0.5) is 0 Å². The monoisotopic (exact) mass is 182 g/mol. The lowest BCUT2D eigenvalue weighted by molar-refractivity contribution is 0.368. The lowest BCUT2D eigenvalue weighted by atomic mass is 10.00. The van der Waals surface area contributed by atoms with Crippen molar-refractivity contribution in [2.24, 2.45) is 5.92 Å². The van der Waals surface area contributed by atoms with Crippen LogP contribution >= 0.6 is 0 Å². The maximum Gasteiger partial charge on any atom is 0.138 e. The Hall–Kier alpha value is -0.930. The molecule has 0 amide bonds. The zero-order chi connectivity index (χ0) is 9.52. The van der Waals surface area contributed by atoms with E-state index in [0.29, 0.717) is 0 Å². The molecular weight excluding hydrogens is 164 g/mol. The largest absolute Gasteiger partial charge is 0.232 e. The van der Waals surface area contributed by atoms with Gasteiger partial charge in [-0.2, -0.15) is 0 Å². The van der Waals surface area contributed by atoms with Crippen LogP contribution in [0.5, 0.6) is 0 Å². The van der Waals surface area contributed by atoms with Crippen LogP contribution in [0, 0.1) is 5.92 Å². The Balaban J connectivity index is 2.31. The summed E-state index contributed by atoms with van der Waals surface area (Å²) in [6, 6.07) is 0. The molecule has 0 saturated heterocycles. The predicted octanol–water partition coefficient (Wildman–Crippen LogP) is 1.89. The van der Waals surface area contributed by atoms with Gasteiger partial charge >= 0.3 is 0 Å². The third-order valence-electron chi connectivity index (χ3n) is 2.38. The topological polar surface area (TPSA) is 43.6 Å². The van der Waals surface area contributed by atoms with Crippen molar-refractivity contribution in [2.75, 3.05) is 0 Å². The number of hydrogen-bond acceptors (Lipinski definition) is 3. The molecule has 0 radical (unpaired) electrons. The average molecular weight is 182 g/mol. The Morgan fingerprint density at radius 3 is 2.77 bits per heavy atom. The van der Waals surface area contributed by atoms with Crippen molar-refractivity contribution in [1.29, 1.82) is 0 Å². The number of hydrogen-bond donors (Lipinski definition) is 0. The van der Waals surface area contributed by atoms with Gasteiger partial charge in [-0.15, -0.1) is 5.10 Å². The maximum absolute atomic E-state index is 3.87. The molecule has 0 saturated carbocycles. The number of rotatable bonds is 6. The molecule has 1 unspecified atom stereocenters. The molecule has 0 bridgehead atoms. The molecule has 0 N–H and O–H groups in total. The summed E-state index contributed by atoms with van der Waals surface area (Å²) in [5, 5.41) is 11.1. The van der Waals surface area contributed by atoms with Crippen molar-refractivity contribution < 1.29 is 0 Å². The fraction of sp³-hybridized carbons (Fsp3) is 0.889. The highest BCUT2D eigenvalue weighted by Crippen LogP contribution is 2.13. The molecule has 4 heteroatoms. The molecule has 1 atom stereocenters. The molecule has 0 aliphatic heterocycles. The van der Waals surface area contributed by atoms with Crippen LogP contribution in [-0.4, -0.2) is 20.2 Å². The number of unbranched alkanes of at least 4 members (excludes halogenated alkanes) is 1. The van der Waals surface area contributed by atoms with Gasteiger partial charge in [-0.3, -0.25) is 0 Å². The van der Waals surface area contributed by atoms with Crippen LogP contribution < -0.4 is 0 Å². The molecule has 0 fully saturated rings. The Kier molecular flexibility index (Phi) is 4.43. The molecular formula is C9H18N4. The van der Waals surface area contributed by atoms with E-state index in [9.17, 15) is 0 Å². The van der Waals surface area contributed by atoms with E-state index in [-0.39, 0.29) is 0 Å².